The molecule has 0 bridgehead atoms. The fraction of sp³-hybridized carbons (Fsp3) is 0.562. The molecule has 0 saturated heterocycles. The zero-order chi connectivity index (χ0) is 18.1. The zero-order valence-electron chi connectivity index (χ0n) is 14.1. The molecule has 132 valence electrons. The SMILES string of the molecule is Cc1ccc(S(=O)(=O)C(=[N+]=[N-])S(=O)(=O)C2CCCCC2)c(C)c1C. The van der Waals surface area contributed by atoms with Gasteiger partial charge in [0.2, 0.25) is 0 Å². The van der Waals surface area contributed by atoms with E-state index >= 15 is 0 Å². The standard InChI is InChI=1S/C16H22N2O4S2/c1-11-9-10-15(13(3)12(11)2)24(21,22)16(18-17)23(19,20)14-7-5-4-6-8-14/h9-10,14H,4-8H2,1-3H3. The highest BCUT2D eigenvalue weighted by atomic mass is 32.3. The van der Waals surface area contributed by atoms with Crippen molar-refractivity contribution in [3.8, 4) is 0 Å². The molecule has 0 unspecified atom stereocenters. The number of hydrogen-bond acceptors (Lipinski definition) is 4. The molecule has 0 amide bonds. The van der Waals surface area contributed by atoms with E-state index in [0.717, 1.165) is 30.4 Å². The van der Waals surface area contributed by atoms with E-state index in [0.29, 0.717) is 18.4 Å². The Morgan fingerprint density at radius 2 is 1.58 bits per heavy atom. The van der Waals surface area contributed by atoms with Crippen molar-refractivity contribution in [1.82, 2.24) is 0 Å². The lowest BCUT2D eigenvalue weighted by Crippen LogP contribution is -2.36. The van der Waals surface area contributed by atoms with Crippen LogP contribution in [0.4, 0.5) is 0 Å². The summed E-state index contributed by atoms with van der Waals surface area (Å²) in [6.45, 7) is 5.24. The second-order valence-corrected chi connectivity index (χ2v) is 10.5. The van der Waals surface area contributed by atoms with Crippen molar-refractivity contribution in [1.29, 1.82) is 0 Å². The van der Waals surface area contributed by atoms with Crippen molar-refractivity contribution in [2.24, 2.45) is 0 Å². The van der Waals surface area contributed by atoms with Gasteiger partial charge in [0.25, 0.3) is 19.7 Å². The summed E-state index contributed by atoms with van der Waals surface area (Å²) in [5.41, 5.74) is 11.4. The summed E-state index contributed by atoms with van der Waals surface area (Å²) < 4.78 is 50.1. The summed E-state index contributed by atoms with van der Waals surface area (Å²) in [6.07, 6.45) is 3.17. The minimum atomic E-state index is -4.42. The lowest BCUT2D eigenvalue weighted by Gasteiger charge is -2.19. The monoisotopic (exact) mass is 370 g/mol. The van der Waals surface area contributed by atoms with E-state index < -0.39 is 29.3 Å². The molecule has 0 aliphatic heterocycles. The summed E-state index contributed by atoms with van der Waals surface area (Å²) >= 11 is 0. The van der Waals surface area contributed by atoms with Crippen LogP contribution >= 0.6 is 0 Å². The molecule has 1 aliphatic rings. The highest BCUT2D eigenvalue weighted by Crippen LogP contribution is 2.29. The first-order valence-electron chi connectivity index (χ1n) is 7.92. The van der Waals surface area contributed by atoms with Crippen LogP contribution < -0.4 is 0 Å². The highest BCUT2D eigenvalue weighted by molar-refractivity contribution is 8.31. The number of hydrogen-bond donors (Lipinski definition) is 0. The van der Waals surface area contributed by atoms with Gasteiger partial charge in [-0.15, -0.1) is 4.79 Å². The van der Waals surface area contributed by atoms with E-state index in [1.165, 1.54) is 6.07 Å². The zero-order valence-corrected chi connectivity index (χ0v) is 15.7. The van der Waals surface area contributed by atoms with Gasteiger partial charge in [-0.2, -0.15) is 0 Å². The maximum Gasteiger partial charge on any atom is 0.499 e. The molecule has 1 fully saturated rings. The van der Waals surface area contributed by atoms with Crippen LogP contribution in [0.1, 0.15) is 48.8 Å². The molecule has 1 saturated carbocycles. The average Bonchev–Trinajstić information content (AvgIpc) is 2.53. The molecular weight excluding hydrogens is 348 g/mol. The summed E-state index contributed by atoms with van der Waals surface area (Å²) in [5, 5.41) is -0.807. The maximum absolute atomic E-state index is 12.9. The smallest absolute Gasteiger partial charge is 0.359 e. The van der Waals surface area contributed by atoms with Crippen LogP contribution in [0.25, 0.3) is 5.53 Å². The molecule has 0 N–H and O–H groups in total. The topological polar surface area (TPSA) is 105 Å². The molecular formula is C16H22N2O4S2. The normalized spacial score (nSPS) is 16.6. The minimum Gasteiger partial charge on any atom is -0.359 e. The van der Waals surface area contributed by atoms with E-state index in [1.54, 1.807) is 19.9 Å². The first-order valence-corrected chi connectivity index (χ1v) is 10.9. The van der Waals surface area contributed by atoms with Crippen LogP contribution in [0.5, 0.6) is 0 Å². The maximum atomic E-state index is 12.9. The molecule has 1 aromatic carbocycles. The Labute approximate surface area is 143 Å². The number of sulfone groups is 2. The molecule has 0 spiro atoms. The average molecular weight is 370 g/mol. The van der Waals surface area contributed by atoms with E-state index in [-0.39, 0.29) is 4.90 Å². The van der Waals surface area contributed by atoms with Gasteiger partial charge in [-0.3, -0.25) is 0 Å². The second-order valence-electron chi connectivity index (χ2n) is 6.30. The molecule has 2 rings (SSSR count). The van der Waals surface area contributed by atoms with Gasteiger partial charge >= 0.3 is 4.38 Å². The minimum absolute atomic E-state index is 0.127. The number of benzene rings is 1. The summed E-state index contributed by atoms with van der Waals surface area (Å²) in [6, 6.07) is 2.99. The van der Waals surface area contributed by atoms with Crippen molar-refractivity contribution in [2.75, 3.05) is 0 Å². The van der Waals surface area contributed by atoms with Gasteiger partial charge in [0.1, 0.15) is 0 Å². The fourth-order valence-corrected chi connectivity index (χ4v) is 7.45. The number of rotatable bonds is 2. The molecule has 0 radical (unpaired) electrons. The third kappa shape index (κ3) is 3.18. The molecule has 8 heteroatoms. The molecule has 24 heavy (non-hydrogen) atoms. The first kappa shape index (κ1) is 18.8. The first-order chi connectivity index (χ1) is 11.1. The highest BCUT2D eigenvalue weighted by Gasteiger charge is 2.47. The van der Waals surface area contributed by atoms with Crippen LogP contribution in [0.3, 0.4) is 0 Å². The number of nitrogens with zero attached hydrogens (tertiary/aromatic N) is 2. The number of aryl methyl sites for hydroxylation is 1. The largest absolute Gasteiger partial charge is 0.499 e. The van der Waals surface area contributed by atoms with Gasteiger partial charge in [-0.25, -0.2) is 16.8 Å². The van der Waals surface area contributed by atoms with Gasteiger partial charge in [-0.1, -0.05) is 25.3 Å². The molecule has 0 heterocycles. The quantitative estimate of drug-likeness (QED) is 0.345. The van der Waals surface area contributed by atoms with Crippen LogP contribution in [-0.2, 0) is 19.7 Å². The molecule has 0 atom stereocenters. The molecule has 1 aromatic rings. The third-order valence-corrected chi connectivity index (χ3v) is 9.68. The van der Waals surface area contributed by atoms with E-state index in [1.807, 2.05) is 6.92 Å². The summed E-state index contributed by atoms with van der Waals surface area (Å²) in [5.74, 6) is 0. The molecule has 0 aromatic heterocycles. The van der Waals surface area contributed by atoms with Gasteiger partial charge in [0.05, 0.1) is 10.1 Å². The Balaban J connectivity index is 2.58. The molecule has 6 nitrogen and oxygen atoms in total. The van der Waals surface area contributed by atoms with Crippen molar-refractivity contribution < 1.29 is 21.6 Å². The second kappa shape index (κ2) is 6.78. The third-order valence-electron chi connectivity index (χ3n) is 4.84. The van der Waals surface area contributed by atoms with Crippen LogP contribution in [-0.4, -0.2) is 31.3 Å². The van der Waals surface area contributed by atoms with Crippen molar-refractivity contribution in [2.45, 2.75) is 63.0 Å². The van der Waals surface area contributed by atoms with E-state index in [2.05, 4.69) is 4.79 Å². The summed E-state index contributed by atoms with van der Waals surface area (Å²) in [7, 11) is -8.62. The van der Waals surface area contributed by atoms with E-state index in [9.17, 15) is 22.4 Å². The lowest BCUT2D eigenvalue weighted by atomic mass is 10.0. The van der Waals surface area contributed by atoms with Gasteiger partial charge < -0.3 is 5.53 Å². The van der Waals surface area contributed by atoms with Crippen molar-refractivity contribution in [3.63, 3.8) is 0 Å². The van der Waals surface area contributed by atoms with Gasteiger partial charge in [0, 0.05) is 0 Å². The van der Waals surface area contributed by atoms with Crippen molar-refractivity contribution >= 4 is 24.1 Å². The van der Waals surface area contributed by atoms with Crippen LogP contribution in [0.2, 0.25) is 0 Å². The van der Waals surface area contributed by atoms with Crippen LogP contribution in [0, 0.1) is 20.8 Å². The lowest BCUT2D eigenvalue weighted by molar-refractivity contribution is 0.00369. The fourth-order valence-electron chi connectivity index (χ4n) is 3.10. The predicted molar refractivity (Wildman–Crippen MR) is 92.3 cm³/mol. The van der Waals surface area contributed by atoms with Gasteiger partial charge in [0.15, 0.2) is 0 Å². The Hall–Kier alpha value is -1.50. The Bertz CT molecular complexity index is 906. The van der Waals surface area contributed by atoms with Crippen molar-refractivity contribution in [3.05, 3.63) is 34.4 Å². The molecule has 1 aliphatic carbocycles. The van der Waals surface area contributed by atoms with Gasteiger partial charge in [-0.05, 0) is 56.4 Å². The van der Waals surface area contributed by atoms with E-state index in [4.69, 9.17) is 0 Å². The Morgan fingerprint density at radius 1 is 1.00 bits per heavy atom. The van der Waals surface area contributed by atoms with Crippen LogP contribution in [0.15, 0.2) is 17.0 Å². The Kier molecular flexibility index (Phi) is 5.32. The predicted octanol–water partition coefficient (Wildman–Crippen LogP) is 2.72. The Morgan fingerprint density at radius 3 is 2.12 bits per heavy atom. The summed E-state index contributed by atoms with van der Waals surface area (Å²) in [4.78, 5) is 2.59.